The van der Waals surface area contributed by atoms with Crippen molar-refractivity contribution in [2.75, 3.05) is 18.9 Å². The fourth-order valence-electron chi connectivity index (χ4n) is 1.54. The van der Waals surface area contributed by atoms with Crippen LogP contribution >= 0.6 is 0 Å². The van der Waals surface area contributed by atoms with E-state index >= 15 is 0 Å². The number of carbonyl (C=O) groups is 1. The van der Waals surface area contributed by atoms with Gasteiger partial charge in [-0.1, -0.05) is 0 Å². The maximum Gasteiger partial charge on any atom is 0.244 e. The number of primary sulfonamides is 1. The summed E-state index contributed by atoms with van der Waals surface area (Å²) in [6.07, 6.45) is 0. The number of sulfonamides is 1. The lowest BCUT2D eigenvalue weighted by Crippen LogP contribution is -2.38. The topological polar surface area (TPSA) is 92.5 Å². The summed E-state index contributed by atoms with van der Waals surface area (Å²) in [5.74, 6) is -0.0296. The zero-order valence-corrected chi connectivity index (χ0v) is 12.1. The Morgan fingerprint density at radius 3 is 2.32 bits per heavy atom. The average Bonchev–Trinajstić information content (AvgIpc) is 2.36. The molecule has 3 N–H and O–H groups in total. The SMILES string of the molecule is CCN(C)C(=O)C(C)Nc1ccc(S(N)(=O)=O)cc1. The molecule has 0 bridgehead atoms. The second-order valence-corrected chi connectivity index (χ2v) is 5.85. The third kappa shape index (κ3) is 4.22. The number of benzene rings is 1. The first-order valence-electron chi connectivity index (χ1n) is 5.90. The number of hydrogen-bond acceptors (Lipinski definition) is 4. The summed E-state index contributed by atoms with van der Waals surface area (Å²) in [6, 6.07) is 5.58. The number of nitrogens with one attached hydrogen (secondary N) is 1. The molecule has 0 aliphatic heterocycles. The Morgan fingerprint density at radius 2 is 1.89 bits per heavy atom. The fourth-order valence-corrected chi connectivity index (χ4v) is 2.05. The Hall–Kier alpha value is -1.60. The highest BCUT2D eigenvalue weighted by molar-refractivity contribution is 7.89. The molecule has 0 fully saturated rings. The van der Waals surface area contributed by atoms with Crippen LogP contribution in [0.2, 0.25) is 0 Å². The van der Waals surface area contributed by atoms with E-state index in [4.69, 9.17) is 5.14 Å². The molecular weight excluding hydrogens is 266 g/mol. The van der Waals surface area contributed by atoms with Crippen molar-refractivity contribution in [3.05, 3.63) is 24.3 Å². The molecule has 1 atom stereocenters. The van der Waals surface area contributed by atoms with Gasteiger partial charge in [-0.25, -0.2) is 13.6 Å². The molecule has 1 amide bonds. The first-order valence-corrected chi connectivity index (χ1v) is 7.44. The summed E-state index contributed by atoms with van der Waals surface area (Å²) < 4.78 is 22.2. The Kier molecular flexibility index (Phi) is 4.90. The smallest absolute Gasteiger partial charge is 0.244 e. The monoisotopic (exact) mass is 285 g/mol. The number of anilines is 1. The molecule has 19 heavy (non-hydrogen) atoms. The summed E-state index contributed by atoms with van der Waals surface area (Å²) in [6.45, 7) is 4.28. The fraction of sp³-hybridized carbons (Fsp3) is 0.417. The Morgan fingerprint density at radius 1 is 1.37 bits per heavy atom. The lowest BCUT2D eigenvalue weighted by molar-refractivity contribution is -0.130. The lowest BCUT2D eigenvalue weighted by atomic mass is 10.2. The molecule has 1 aromatic carbocycles. The number of nitrogens with two attached hydrogens (primary N) is 1. The van der Waals surface area contributed by atoms with Crippen LogP contribution in [0.5, 0.6) is 0 Å². The summed E-state index contributed by atoms with van der Waals surface area (Å²) in [5.41, 5.74) is 0.665. The van der Waals surface area contributed by atoms with Crippen molar-refractivity contribution < 1.29 is 13.2 Å². The molecular formula is C12H19N3O3S. The molecule has 0 saturated carbocycles. The van der Waals surface area contributed by atoms with Crippen molar-refractivity contribution in [1.82, 2.24) is 4.90 Å². The Bertz CT molecular complexity index is 540. The van der Waals surface area contributed by atoms with E-state index in [0.717, 1.165) is 0 Å². The molecule has 0 aliphatic rings. The van der Waals surface area contributed by atoms with Crippen LogP contribution < -0.4 is 10.5 Å². The number of likely N-dealkylation sites (N-methyl/N-ethyl adjacent to an activating group) is 1. The van der Waals surface area contributed by atoms with Gasteiger partial charge in [-0.05, 0) is 38.1 Å². The van der Waals surface area contributed by atoms with Gasteiger partial charge in [0.25, 0.3) is 0 Å². The highest BCUT2D eigenvalue weighted by Gasteiger charge is 2.16. The summed E-state index contributed by atoms with van der Waals surface area (Å²) >= 11 is 0. The van der Waals surface area contributed by atoms with Gasteiger partial charge in [0.1, 0.15) is 6.04 Å². The zero-order valence-electron chi connectivity index (χ0n) is 11.3. The van der Waals surface area contributed by atoms with E-state index in [9.17, 15) is 13.2 Å². The van der Waals surface area contributed by atoms with Crippen LogP contribution in [0.3, 0.4) is 0 Å². The van der Waals surface area contributed by atoms with E-state index < -0.39 is 10.0 Å². The standard InChI is InChI=1S/C12H19N3O3S/c1-4-15(3)12(16)9(2)14-10-5-7-11(8-6-10)19(13,17)18/h5-9,14H,4H2,1-3H3,(H2,13,17,18). The van der Waals surface area contributed by atoms with Crippen LogP contribution in [0, 0.1) is 0 Å². The van der Waals surface area contributed by atoms with Crippen molar-refractivity contribution in [2.24, 2.45) is 5.14 Å². The van der Waals surface area contributed by atoms with Gasteiger partial charge >= 0.3 is 0 Å². The van der Waals surface area contributed by atoms with Gasteiger partial charge in [0.15, 0.2) is 0 Å². The van der Waals surface area contributed by atoms with Gasteiger partial charge in [-0.2, -0.15) is 0 Å². The Labute approximate surface area is 113 Å². The minimum absolute atomic E-state index is 0.0296. The maximum absolute atomic E-state index is 11.9. The minimum atomic E-state index is -3.68. The molecule has 6 nitrogen and oxygen atoms in total. The molecule has 0 heterocycles. The normalized spacial score (nSPS) is 12.8. The quantitative estimate of drug-likeness (QED) is 0.829. The van der Waals surface area contributed by atoms with E-state index in [-0.39, 0.29) is 16.8 Å². The van der Waals surface area contributed by atoms with Crippen LogP contribution in [-0.2, 0) is 14.8 Å². The van der Waals surface area contributed by atoms with Crippen LogP contribution in [0.25, 0.3) is 0 Å². The predicted octanol–water partition coefficient (Wildman–Crippen LogP) is 0.613. The molecule has 7 heteroatoms. The summed E-state index contributed by atoms with van der Waals surface area (Å²) in [5, 5.41) is 8.01. The van der Waals surface area contributed by atoms with Gasteiger partial charge in [0, 0.05) is 19.3 Å². The highest BCUT2D eigenvalue weighted by atomic mass is 32.2. The summed E-state index contributed by atoms with van der Waals surface area (Å²) in [7, 11) is -1.96. The second kappa shape index (κ2) is 6.03. The first-order chi connectivity index (χ1) is 8.75. The molecule has 0 saturated heterocycles. The van der Waals surface area contributed by atoms with E-state index in [1.54, 1.807) is 31.0 Å². The third-order valence-corrected chi connectivity index (χ3v) is 3.72. The van der Waals surface area contributed by atoms with E-state index in [1.807, 2.05) is 6.92 Å². The minimum Gasteiger partial charge on any atom is -0.374 e. The Balaban J connectivity index is 2.76. The van der Waals surface area contributed by atoms with Crippen molar-refractivity contribution >= 4 is 21.6 Å². The van der Waals surface area contributed by atoms with Gasteiger partial charge in [0.2, 0.25) is 15.9 Å². The van der Waals surface area contributed by atoms with Gasteiger partial charge in [-0.15, -0.1) is 0 Å². The molecule has 0 aromatic heterocycles. The largest absolute Gasteiger partial charge is 0.374 e. The van der Waals surface area contributed by atoms with Crippen LogP contribution in [0.15, 0.2) is 29.2 Å². The van der Waals surface area contributed by atoms with E-state index in [1.165, 1.54) is 12.1 Å². The van der Waals surface area contributed by atoms with Crippen LogP contribution in [0.4, 0.5) is 5.69 Å². The molecule has 1 aromatic rings. The van der Waals surface area contributed by atoms with Crippen molar-refractivity contribution in [3.8, 4) is 0 Å². The van der Waals surface area contributed by atoms with Crippen molar-refractivity contribution in [3.63, 3.8) is 0 Å². The highest BCUT2D eigenvalue weighted by Crippen LogP contribution is 2.14. The molecule has 1 unspecified atom stereocenters. The average molecular weight is 285 g/mol. The third-order valence-electron chi connectivity index (χ3n) is 2.79. The molecule has 0 radical (unpaired) electrons. The van der Waals surface area contributed by atoms with E-state index in [2.05, 4.69) is 5.32 Å². The zero-order chi connectivity index (χ0) is 14.6. The number of amides is 1. The summed E-state index contributed by atoms with van der Waals surface area (Å²) in [4.78, 5) is 13.5. The predicted molar refractivity (Wildman–Crippen MR) is 74.2 cm³/mol. The number of hydrogen-bond donors (Lipinski definition) is 2. The van der Waals surface area contributed by atoms with Gasteiger partial charge < -0.3 is 10.2 Å². The van der Waals surface area contributed by atoms with Gasteiger partial charge in [-0.3, -0.25) is 4.79 Å². The maximum atomic E-state index is 11.9. The number of rotatable bonds is 5. The van der Waals surface area contributed by atoms with E-state index in [0.29, 0.717) is 12.2 Å². The van der Waals surface area contributed by atoms with Crippen molar-refractivity contribution in [1.29, 1.82) is 0 Å². The first kappa shape index (κ1) is 15.5. The lowest BCUT2D eigenvalue weighted by Gasteiger charge is -2.21. The van der Waals surface area contributed by atoms with Crippen LogP contribution in [0.1, 0.15) is 13.8 Å². The number of carbonyl (C=O) groups excluding carboxylic acids is 1. The second-order valence-electron chi connectivity index (χ2n) is 4.29. The molecule has 0 spiro atoms. The van der Waals surface area contributed by atoms with Gasteiger partial charge in [0.05, 0.1) is 4.90 Å². The molecule has 0 aliphatic carbocycles. The molecule has 106 valence electrons. The molecule has 1 rings (SSSR count). The number of nitrogens with zero attached hydrogens (tertiary/aromatic N) is 1. The van der Waals surface area contributed by atoms with Crippen LogP contribution in [-0.4, -0.2) is 38.9 Å². The van der Waals surface area contributed by atoms with Crippen molar-refractivity contribution in [2.45, 2.75) is 24.8 Å².